The molecular weight excluding hydrogens is 277 g/mol. The highest BCUT2D eigenvalue weighted by atomic mass is 32.2. The van der Waals surface area contributed by atoms with Gasteiger partial charge in [0.1, 0.15) is 17.3 Å². The molecule has 0 unspecified atom stereocenters. The zero-order valence-corrected chi connectivity index (χ0v) is 12.2. The van der Waals surface area contributed by atoms with Crippen molar-refractivity contribution >= 4 is 17.4 Å². The number of ether oxygens (including phenoxy) is 2. The number of hydrogen-bond donors (Lipinski definition) is 1. The second kappa shape index (κ2) is 6.52. The van der Waals surface area contributed by atoms with Crippen LogP contribution in [0.4, 0.5) is 10.1 Å². The minimum absolute atomic E-state index is 0.278. The number of nitrogen functional groups attached to an aromatic ring is 1. The second-order valence-corrected chi connectivity index (χ2v) is 5.17. The molecule has 3 nitrogen and oxygen atoms in total. The Bertz CT molecular complexity index is 604. The quantitative estimate of drug-likeness (QED) is 0.674. The summed E-state index contributed by atoms with van der Waals surface area (Å²) in [5.41, 5.74) is 7.39. The van der Waals surface area contributed by atoms with E-state index in [2.05, 4.69) is 0 Å². The maximum absolute atomic E-state index is 13.3. The van der Waals surface area contributed by atoms with E-state index in [0.29, 0.717) is 17.2 Å². The van der Waals surface area contributed by atoms with Crippen LogP contribution in [0.15, 0.2) is 41.3 Å². The van der Waals surface area contributed by atoms with Gasteiger partial charge in [0.2, 0.25) is 0 Å². The summed E-state index contributed by atoms with van der Waals surface area (Å²) in [4.78, 5) is 0.899. The van der Waals surface area contributed by atoms with Crippen molar-refractivity contribution in [3.8, 4) is 11.5 Å². The van der Waals surface area contributed by atoms with Gasteiger partial charge in [-0.1, -0.05) is 0 Å². The highest BCUT2D eigenvalue weighted by molar-refractivity contribution is 7.98. The molecule has 0 aliphatic rings. The Morgan fingerprint density at radius 3 is 2.60 bits per heavy atom. The summed E-state index contributed by atoms with van der Waals surface area (Å²) in [7, 11) is 3.18. The van der Waals surface area contributed by atoms with Crippen LogP contribution in [0.1, 0.15) is 5.56 Å². The first-order chi connectivity index (χ1) is 9.63. The first-order valence-corrected chi connectivity index (χ1v) is 7.01. The van der Waals surface area contributed by atoms with Gasteiger partial charge in [-0.3, -0.25) is 0 Å². The number of halogens is 1. The second-order valence-electron chi connectivity index (χ2n) is 4.15. The Labute approximate surface area is 121 Å². The minimum atomic E-state index is -0.278. The number of benzene rings is 2. The molecule has 5 heteroatoms. The lowest BCUT2D eigenvalue weighted by Crippen LogP contribution is -1.94. The monoisotopic (exact) mass is 293 g/mol. The summed E-state index contributed by atoms with van der Waals surface area (Å²) in [6.45, 7) is 0. The van der Waals surface area contributed by atoms with Gasteiger partial charge < -0.3 is 15.2 Å². The van der Waals surface area contributed by atoms with E-state index < -0.39 is 0 Å². The van der Waals surface area contributed by atoms with E-state index in [9.17, 15) is 4.39 Å². The van der Waals surface area contributed by atoms with Crippen molar-refractivity contribution in [1.82, 2.24) is 0 Å². The molecule has 0 atom stereocenters. The van der Waals surface area contributed by atoms with Crippen LogP contribution in [0, 0.1) is 5.82 Å². The Morgan fingerprint density at radius 1 is 1.10 bits per heavy atom. The van der Waals surface area contributed by atoms with Crippen LogP contribution in [0.25, 0.3) is 0 Å². The molecule has 106 valence electrons. The molecule has 0 heterocycles. The van der Waals surface area contributed by atoms with E-state index in [1.165, 1.54) is 23.9 Å². The van der Waals surface area contributed by atoms with Crippen molar-refractivity contribution in [1.29, 1.82) is 0 Å². The van der Waals surface area contributed by atoms with Gasteiger partial charge in [-0.25, -0.2) is 4.39 Å². The highest BCUT2D eigenvalue weighted by Crippen LogP contribution is 2.33. The first-order valence-electron chi connectivity index (χ1n) is 6.02. The van der Waals surface area contributed by atoms with Gasteiger partial charge in [-0.05, 0) is 36.4 Å². The van der Waals surface area contributed by atoms with Crippen LogP contribution >= 0.6 is 11.8 Å². The van der Waals surface area contributed by atoms with E-state index in [1.807, 2.05) is 12.1 Å². The lowest BCUT2D eigenvalue weighted by Gasteiger charge is -2.10. The topological polar surface area (TPSA) is 44.5 Å². The van der Waals surface area contributed by atoms with E-state index in [1.54, 1.807) is 26.4 Å². The lowest BCUT2D eigenvalue weighted by atomic mass is 10.2. The number of nitrogens with two attached hydrogens (primary N) is 1. The van der Waals surface area contributed by atoms with Gasteiger partial charge in [0.05, 0.1) is 14.2 Å². The molecule has 0 bridgehead atoms. The van der Waals surface area contributed by atoms with Crippen molar-refractivity contribution in [2.75, 3.05) is 20.0 Å². The highest BCUT2D eigenvalue weighted by Gasteiger charge is 2.08. The Morgan fingerprint density at radius 2 is 1.90 bits per heavy atom. The maximum Gasteiger partial charge on any atom is 0.123 e. The molecule has 0 spiro atoms. The van der Waals surface area contributed by atoms with Crippen LogP contribution in [-0.4, -0.2) is 14.2 Å². The maximum atomic E-state index is 13.3. The molecule has 2 rings (SSSR count). The molecule has 2 aromatic rings. The summed E-state index contributed by atoms with van der Waals surface area (Å²) >= 11 is 1.52. The van der Waals surface area contributed by atoms with Crippen molar-refractivity contribution in [2.45, 2.75) is 10.6 Å². The molecule has 0 aliphatic heterocycles. The molecule has 0 radical (unpaired) electrons. The van der Waals surface area contributed by atoms with Gasteiger partial charge in [0.25, 0.3) is 0 Å². The van der Waals surface area contributed by atoms with Gasteiger partial charge in [-0.15, -0.1) is 11.8 Å². The predicted octanol–water partition coefficient (Wildman–Crippen LogP) is 3.72. The zero-order chi connectivity index (χ0) is 14.5. The Hall–Kier alpha value is -1.88. The number of methoxy groups -OCH3 is 2. The van der Waals surface area contributed by atoms with Gasteiger partial charge in [0, 0.05) is 21.9 Å². The summed E-state index contributed by atoms with van der Waals surface area (Å²) < 4.78 is 23.7. The van der Waals surface area contributed by atoms with Crippen LogP contribution in [0.5, 0.6) is 11.5 Å². The zero-order valence-electron chi connectivity index (χ0n) is 11.4. The van der Waals surface area contributed by atoms with Crippen LogP contribution < -0.4 is 15.2 Å². The summed E-state index contributed by atoms with van der Waals surface area (Å²) in [5, 5.41) is 0. The molecule has 0 aliphatic carbocycles. The van der Waals surface area contributed by atoms with Crippen molar-refractivity contribution in [2.24, 2.45) is 0 Å². The summed E-state index contributed by atoms with van der Waals surface area (Å²) in [6, 6.07) is 9.95. The molecule has 0 amide bonds. The number of hydrogen-bond acceptors (Lipinski definition) is 4. The number of anilines is 1. The minimum Gasteiger partial charge on any atom is -0.497 e. The third kappa shape index (κ3) is 3.36. The van der Waals surface area contributed by atoms with Crippen molar-refractivity contribution in [3.05, 3.63) is 47.8 Å². The lowest BCUT2D eigenvalue weighted by molar-refractivity contribution is 0.410. The summed E-state index contributed by atoms with van der Waals surface area (Å²) in [6.07, 6.45) is 0. The van der Waals surface area contributed by atoms with E-state index in [4.69, 9.17) is 15.2 Å². The standard InChI is InChI=1S/C15H16FNO2S/c1-18-12-4-5-13(17)15(8-12)20-9-10-7-11(16)3-6-14(10)19-2/h3-8H,9,17H2,1-2H3. The van der Waals surface area contributed by atoms with Crippen LogP contribution in [-0.2, 0) is 5.75 Å². The molecular formula is C15H16FNO2S. The summed E-state index contributed by atoms with van der Waals surface area (Å²) in [5.74, 6) is 1.70. The first kappa shape index (κ1) is 14.5. The van der Waals surface area contributed by atoms with Gasteiger partial charge in [0.15, 0.2) is 0 Å². The van der Waals surface area contributed by atoms with Crippen molar-refractivity contribution < 1.29 is 13.9 Å². The average molecular weight is 293 g/mol. The molecule has 0 saturated carbocycles. The van der Waals surface area contributed by atoms with E-state index in [0.717, 1.165) is 16.2 Å². The van der Waals surface area contributed by atoms with E-state index in [-0.39, 0.29) is 5.82 Å². The molecule has 2 N–H and O–H groups in total. The number of thioether (sulfide) groups is 1. The van der Waals surface area contributed by atoms with Crippen molar-refractivity contribution in [3.63, 3.8) is 0 Å². The van der Waals surface area contributed by atoms with Gasteiger partial charge in [-0.2, -0.15) is 0 Å². The van der Waals surface area contributed by atoms with Gasteiger partial charge >= 0.3 is 0 Å². The largest absolute Gasteiger partial charge is 0.497 e. The fourth-order valence-electron chi connectivity index (χ4n) is 1.78. The molecule has 2 aromatic carbocycles. The fourth-order valence-corrected chi connectivity index (χ4v) is 2.75. The molecule has 0 aromatic heterocycles. The third-order valence-corrected chi connectivity index (χ3v) is 3.97. The molecule has 0 fully saturated rings. The normalized spacial score (nSPS) is 10.3. The average Bonchev–Trinajstić information content (AvgIpc) is 2.46. The Balaban J connectivity index is 2.18. The SMILES string of the molecule is COc1ccc(N)c(SCc2cc(F)ccc2OC)c1. The van der Waals surface area contributed by atoms with Crippen LogP contribution in [0.3, 0.4) is 0 Å². The smallest absolute Gasteiger partial charge is 0.123 e. The molecule has 0 saturated heterocycles. The third-order valence-electron chi connectivity index (χ3n) is 2.85. The van der Waals surface area contributed by atoms with E-state index >= 15 is 0 Å². The Kier molecular flexibility index (Phi) is 4.74. The number of rotatable bonds is 5. The predicted molar refractivity (Wildman–Crippen MR) is 79.9 cm³/mol. The molecule has 20 heavy (non-hydrogen) atoms. The van der Waals surface area contributed by atoms with Crippen LogP contribution in [0.2, 0.25) is 0 Å². The fraction of sp³-hybridized carbons (Fsp3) is 0.200.